The molecule has 0 bridgehead atoms. The number of H-pyrrole nitrogens is 1. The lowest BCUT2D eigenvalue weighted by Gasteiger charge is -2.44. The van der Waals surface area contributed by atoms with E-state index in [4.69, 9.17) is 0 Å². The van der Waals surface area contributed by atoms with E-state index >= 15 is 0 Å². The van der Waals surface area contributed by atoms with E-state index in [9.17, 15) is 9.59 Å². The van der Waals surface area contributed by atoms with Crippen molar-refractivity contribution in [2.24, 2.45) is 5.92 Å². The second-order valence-corrected chi connectivity index (χ2v) is 7.84. The van der Waals surface area contributed by atoms with E-state index in [0.29, 0.717) is 41.5 Å². The van der Waals surface area contributed by atoms with Gasteiger partial charge in [0.05, 0.1) is 10.9 Å². The summed E-state index contributed by atoms with van der Waals surface area (Å²) in [7, 11) is 0. The number of rotatable bonds is 5. The number of para-hydroxylation sites is 1. The average Bonchev–Trinajstić information content (AvgIpc) is 2.71. The number of hydrogen-bond acceptors (Lipinski definition) is 4. The van der Waals surface area contributed by atoms with Crippen molar-refractivity contribution in [3.63, 3.8) is 0 Å². The van der Waals surface area contributed by atoms with E-state index in [1.54, 1.807) is 6.07 Å². The number of aryl methyl sites for hydroxylation is 1. The second-order valence-electron chi connectivity index (χ2n) is 7.84. The highest BCUT2D eigenvalue weighted by Crippen LogP contribution is 2.30. The molecule has 1 amide bonds. The number of carbonyl (C=O) groups excluding carboxylic acids is 1. The quantitative estimate of drug-likeness (QED) is 0.848. The van der Waals surface area contributed by atoms with E-state index in [0.717, 1.165) is 6.54 Å². The van der Waals surface area contributed by atoms with Crippen LogP contribution in [0.3, 0.4) is 0 Å². The van der Waals surface area contributed by atoms with Crippen molar-refractivity contribution in [2.45, 2.75) is 51.0 Å². The molecule has 2 N–H and O–H groups in total. The third kappa shape index (κ3) is 4.21. The van der Waals surface area contributed by atoms with Crippen molar-refractivity contribution in [3.05, 3.63) is 40.4 Å². The Morgan fingerprint density at radius 1 is 1.19 bits per heavy atom. The maximum Gasteiger partial charge on any atom is 0.258 e. The number of nitrogens with one attached hydrogen (secondary N) is 2. The lowest BCUT2D eigenvalue weighted by atomic mass is 9.83. The molecule has 3 heterocycles. The van der Waals surface area contributed by atoms with Crippen LogP contribution in [0.5, 0.6) is 0 Å². The molecule has 0 saturated carbocycles. The first-order valence-electron chi connectivity index (χ1n) is 10.2. The molecule has 0 spiro atoms. The Bertz CT molecular complexity index is 861. The molecule has 27 heavy (non-hydrogen) atoms. The van der Waals surface area contributed by atoms with Crippen molar-refractivity contribution in [3.8, 4) is 0 Å². The molecule has 0 unspecified atom stereocenters. The van der Waals surface area contributed by atoms with Gasteiger partial charge in [-0.2, -0.15) is 0 Å². The van der Waals surface area contributed by atoms with Crippen molar-refractivity contribution in [1.29, 1.82) is 0 Å². The second kappa shape index (κ2) is 8.21. The Morgan fingerprint density at radius 3 is 2.96 bits per heavy atom. The Hall–Kier alpha value is -2.21. The summed E-state index contributed by atoms with van der Waals surface area (Å²) in [5, 5.41) is 3.71. The van der Waals surface area contributed by atoms with Gasteiger partial charge in [0.2, 0.25) is 5.91 Å². The van der Waals surface area contributed by atoms with Crippen molar-refractivity contribution >= 4 is 16.8 Å². The van der Waals surface area contributed by atoms with E-state index in [1.165, 1.54) is 45.2 Å². The zero-order chi connectivity index (χ0) is 18.6. The summed E-state index contributed by atoms with van der Waals surface area (Å²) in [5.74, 6) is 1.19. The molecule has 2 aliphatic heterocycles. The topological polar surface area (TPSA) is 78.1 Å². The van der Waals surface area contributed by atoms with Crippen LogP contribution >= 0.6 is 0 Å². The minimum atomic E-state index is -0.143. The van der Waals surface area contributed by atoms with Crippen LogP contribution < -0.4 is 10.9 Å². The van der Waals surface area contributed by atoms with Crippen molar-refractivity contribution < 1.29 is 4.79 Å². The number of benzene rings is 1. The number of hydrogen-bond donors (Lipinski definition) is 2. The van der Waals surface area contributed by atoms with Crippen LogP contribution in [0.2, 0.25) is 0 Å². The van der Waals surface area contributed by atoms with Crippen LogP contribution in [0.25, 0.3) is 10.9 Å². The predicted octanol–water partition coefficient (Wildman–Crippen LogP) is 2.24. The first-order chi connectivity index (χ1) is 13.2. The molecular formula is C21H28N4O2. The van der Waals surface area contributed by atoms with Gasteiger partial charge in [0.15, 0.2) is 0 Å². The molecular weight excluding hydrogens is 340 g/mol. The smallest absolute Gasteiger partial charge is 0.258 e. The summed E-state index contributed by atoms with van der Waals surface area (Å²) in [4.78, 5) is 34.3. The number of nitrogens with zero attached hydrogens (tertiary/aromatic N) is 2. The molecule has 1 aromatic carbocycles. The summed E-state index contributed by atoms with van der Waals surface area (Å²) >= 11 is 0. The summed E-state index contributed by atoms with van der Waals surface area (Å²) in [6.07, 6.45) is 7.14. The van der Waals surface area contributed by atoms with Gasteiger partial charge in [-0.25, -0.2) is 4.98 Å². The number of carbonyl (C=O) groups is 1. The van der Waals surface area contributed by atoms with Gasteiger partial charge in [-0.05, 0) is 56.8 Å². The maximum atomic E-state index is 12.3. The van der Waals surface area contributed by atoms with Gasteiger partial charge in [-0.15, -0.1) is 0 Å². The first-order valence-corrected chi connectivity index (χ1v) is 10.2. The molecule has 6 nitrogen and oxygen atoms in total. The Labute approximate surface area is 159 Å². The number of fused-ring (bicyclic) bond motifs is 2. The summed E-state index contributed by atoms with van der Waals surface area (Å²) in [6, 6.07) is 7.92. The lowest BCUT2D eigenvalue weighted by molar-refractivity contribution is -0.121. The Morgan fingerprint density at radius 2 is 2.04 bits per heavy atom. The van der Waals surface area contributed by atoms with E-state index in [1.807, 2.05) is 18.2 Å². The third-order valence-corrected chi connectivity index (χ3v) is 6.04. The standard InChI is InChI=1S/C21H28N4O2/c26-20(22-14-15-6-5-13-25-12-4-3-9-18(15)25)11-10-19-23-17-8-2-1-7-16(17)21(27)24-19/h1-2,7-8,15,18H,3-6,9-14H2,(H,22,26)(H,23,24,27)/t15-,18+/m1/s1. The van der Waals surface area contributed by atoms with Gasteiger partial charge in [0, 0.05) is 25.4 Å². The average molecular weight is 368 g/mol. The molecule has 2 aromatic rings. The lowest BCUT2D eigenvalue weighted by Crippen LogP contribution is -2.51. The normalized spacial score (nSPS) is 23.1. The van der Waals surface area contributed by atoms with Crippen LogP contribution in [-0.4, -0.2) is 46.5 Å². The number of aromatic amines is 1. The fraction of sp³-hybridized carbons (Fsp3) is 0.571. The van der Waals surface area contributed by atoms with Crippen LogP contribution in [0, 0.1) is 5.92 Å². The minimum absolute atomic E-state index is 0.0405. The molecule has 1 aromatic heterocycles. The Balaban J connectivity index is 1.30. The van der Waals surface area contributed by atoms with E-state index in [-0.39, 0.29) is 11.5 Å². The highest BCUT2D eigenvalue weighted by Gasteiger charge is 2.32. The molecule has 0 radical (unpaired) electrons. The summed E-state index contributed by atoms with van der Waals surface area (Å²) in [5.41, 5.74) is 0.534. The van der Waals surface area contributed by atoms with Crippen LogP contribution in [-0.2, 0) is 11.2 Å². The van der Waals surface area contributed by atoms with Crippen molar-refractivity contribution in [2.75, 3.05) is 19.6 Å². The number of amides is 1. The Kier molecular flexibility index (Phi) is 5.53. The number of aromatic nitrogens is 2. The van der Waals surface area contributed by atoms with Gasteiger partial charge in [-0.1, -0.05) is 18.6 Å². The van der Waals surface area contributed by atoms with Gasteiger partial charge in [0.25, 0.3) is 5.56 Å². The highest BCUT2D eigenvalue weighted by molar-refractivity contribution is 5.78. The fourth-order valence-electron chi connectivity index (χ4n) is 4.63. The minimum Gasteiger partial charge on any atom is -0.356 e. The van der Waals surface area contributed by atoms with Crippen LogP contribution in [0.1, 0.15) is 44.3 Å². The van der Waals surface area contributed by atoms with Gasteiger partial charge in [0.1, 0.15) is 5.82 Å². The molecule has 2 aliphatic rings. The molecule has 2 saturated heterocycles. The number of piperidine rings is 2. The van der Waals surface area contributed by atoms with E-state index in [2.05, 4.69) is 20.2 Å². The molecule has 0 aliphatic carbocycles. The third-order valence-electron chi connectivity index (χ3n) is 6.04. The molecule has 144 valence electrons. The largest absolute Gasteiger partial charge is 0.356 e. The molecule has 2 fully saturated rings. The van der Waals surface area contributed by atoms with Crippen LogP contribution in [0.15, 0.2) is 29.1 Å². The monoisotopic (exact) mass is 368 g/mol. The highest BCUT2D eigenvalue weighted by atomic mass is 16.1. The first kappa shape index (κ1) is 18.2. The summed E-state index contributed by atoms with van der Waals surface area (Å²) in [6.45, 7) is 3.20. The van der Waals surface area contributed by atoms with Crippen molar-refractivity contribution in [1.82, 2.24) is 20.2 Å². The zero-order valence-electron chi connectivity index (χ0n) is 15.7. The maximum absolute atomic E-state index is 12.3. The predicted molar refractivity (Wildman–Crippen MR) is 106 cm³/mol. The fourth-order valence-corrected chi connectivity index (χ4v) is 4.63. The van der Waals surface area contributed by atoms with Gasteiger partial charge >= 0.3 is 0 Å². The van der Waals surface area contributed by atoms with Crippen LogP contribution in [0.4, 0.5) is 0 Å². The molecule has 4 rings (SSSR count). The SMILES string of the molecule is O=C(CCc1nc2ccccc2c(=O)[nH]1)NC[C@H]1CCCN2CCCC[C@@H]12. The van der Waals surface area contributed by atoms with E-state index < -0.39 is 0 Å². The van der Waals surface area contributed by atoms with Gasteiger partial charge < -0.3 is 15.2 Å². The summed E-state index contributed by atoms with van der Waals surface area (Å²) < 4.78 is 0. The zero-order valence-corrected chi connectivity index (χ0v) is 15.7. The molecule has 2 atom stereocenters. The van der Waals surface area contributed by atoms with Gasteiger partial charge in [-0.3, -0.25) is 9.59 Å². The molecule has 6 heteroatoms.